The van der Waals surface area contributed by atoms with Gasteiger partial charge in [0, 0.05) is 15.5 Å². The van der Waals surface area contributed by atoms with Gasteiger partial charge in [-0.1, -0.05) is 15.9 Å². The molecular weight excluding hydrogens is 410 g/mol. The molecule has 1 aliphatic carbocycles. The summed E-state index contributed by atoms with van der Waals surface area (Å²) in [7, 11) is -3.49. The van der Waals surface area contributed by atoms with Crippen molar-refractivity contribution in [3.05, 3.63) is 27.1 Å². The fraction of sp³-hybridized carbons (Fsp3) is 0.538. The summed E-state index contributed by atoms with van der Waals surface area (Å²) in [4.78, 5) is 0.319. The monoisotopic (exact) mass is 423 g/mol. The van der Waals surface area contributed by atoms with E-state index in [1.54, 1.807) is 16.4 Å². The third-order valence-electron chi connectivity index (χ3n) is 3.91. The molecule has 2 fully saturated rings. The minimum Gasteiger partial charge on any atom is -0.375 e. The topological polar surface area (TPSA) is 46.6 Å². The van der Waals surface area contributed by atoms with E-state index in [-0.39, 0.29) is 12.1 Å². The van der Waals surface area contributed by atoms with Crippen LogP contribution in [-0.2, 0) is 14.8 Å². The van der Waals surface area contributed by atoms with Crippen molar-refractivity contribution in [2.45, 2.75) is 36.3 Å². The van der Waals surface area contributed by atoms with Crippen molar-refractivity contribution < 1.29 is 13.2 Å². The van der Waals surface area contributed by atoms with Gasteiger partial charge in [-0.25, -0.2) is 8.42 Å². The molecule has 0 amide bonds. The molecule has 1 aliphatic heterocycles. The second-order valence-corrected chi connectivity index (χ2v) is 8.73. The zero-order valence-electron chi connectivity index (χ0n) is 10.8. The molecule has 0 bridgehead atoms. The van der Waals surface area contributed by atoms with E-state index in [0.29, 0.717) is 22.5 Å². The lowest BCUT2D eigenvalue weighted by Gasteiger charge is -2.36. The van der Waals surface area contributed by atoms with E-state index >= 15 is 0 Å². The molecule has 1 saturated heterocycles. The number of halogens is 2. The number of hydrogen-bond donors (Lipinski definition) is 0. The molecule has 0 radical (unpaired) electrons. The minimum absolute atomic E-state index is 0.0142. The molecule has 2 unspecified atom stereocenters. The van der Waals surface area contributed by atoms with Crippen LogP contribution in [0.1, 0.15) is 19.3 Å². The molecule has 1 saturated carbocycles. The molecule has 0 spiro atoms. The fourth-order valence-electron chi connectivity index (χ4n) is 2.99. The lowest BCUT2D eigenvalue weighted by molar-refractivity contribution is -0.0241. The molecule has 20 heavy (non-hydrogen) atoms. The van der Waals surface area contributed by atoms with Crippen molar-refractivity contribution in [3.63, 3.8) is 0 Å². The zero-order chi connectivity index (χ0) is 14.3. The number of morpholine rings is 1. The molecular formula is C13H15Br2NO3S. The van der Waals surface area contributed by atoms with Crippen molar-refractivity contribution >= 4 is 41.9 Å². The van der Waals surface area contributed by atoms with Crippen molar-refractivity contribution in [3.8, 4) is 0 Å². The number of rotatable bonds is 2. The van der Waals surface area contributed by atoms with Gasteiger partial charge in [0.2, 0.25) is 10.0 Å². The van der Waals surface area contributed by atoms with E-state index in [1.807, 2.05) is 6.07 Å². The van der Waals surface area contributed by atoms with Crippen LogP contribution in [0.2, 0.25) is 0 Å². The van der Waals surface area contributed by atoms with Gasteiger partial charge in [0.25, 0.3) is 0 Å². The second kappa shape index (κ2) is 5.68. The Morgan fingerprint density at radius 1 is 1.25 bits per heavy atom. The minimum atomic E-state index is -3.49. The molecule has 7 heteroatoms. The first-order chi connectivity index (χ1) is 9.50. The Morgan fingerprint density at radius 2 is 2.05 bits per heavy atom. The second-order valence-electron chi connectivity index (χ2n) is 5.10. The number of fused-ring (bicyclic) bond motifs is 1. The summed E-state index contributed by atoms with van der Waals surface area (Å²) in [6, 6.07) is 5.21. The molecule has 110 valence electrons. The highest BCUT2D eigenvalue weighted by Gasteiger charge is 2.42. The highest BCUT2D eigenvalue weighted by molar-refractivity contribution is 9.11. The Balaban J connectivity index is 2.00. The van der Waals surface area contributed by atoms with Gasteiger partial charge in [0.1, 0.15) is 0 Å². The first kappa shape index (κ1) is 15.0. The van der Waals surface area contributed by atoms with Gasteiger partial charge in [-0.2, -0.15) is 4.31 Å². The average molecular weight is 425 g/mol. The molecule has 2 atom stereocenters. The van der Waals surface area contributed by atoms with Crippen LogP contribution in [0.15, 0.2) is 32.0 Å². The maximum Gasteiger partial charge on any atom is 0.244 e. The number of sulfonamides is 1. The van der Waals surface area contributed by atoms with Gasteiger partial charge in [0.05, 0.1) is 23.6 Å². The normalized spacial score (nSPS) is 27.5. The Kier molecular flexibility index (Phi) is 4.25. The summed E-state index contributed by atoms with van der Waals surface area (Å²) in [6.07, 6.45) is 2.93. The lowest BCUT2D eigenvalue weighted by Crippen LogP contribution is -2.51. The Morgan fingerprint density at radius 3 is 2.85 bits per heavy atom. The van der Waals surface area contributed by atoms with Crippen molar-refractivity contribution in [1.82, 2.24) is 4.31 Å². The zero-order valence-corrected chi connectivity index (χ0v) is 14.7. The van der Waals surface area contributed by atoms with Gasteiger partial charge in [-0.15, -0.1) is 0 Å². The van der Waals surface area contributed by atoms with Crippen LogP contribution >= 0.6 is 31.9 Å². The summed E-state index contributed by atoms with van der Waals surface area (Å²) in [6.45, 7) is 0.911. The summed E-state index contributed by atoms with van der Waals surface area (Å²) in [5.41, 5.74) is 0. The van der Waals surface area contributed by atoms with Crippen LogP contribution < -0.4 is 0 Å². The van der Waals surface area contributed by atoms with Crippen LogP contribution in [0.5, 0.6) is 0 Å². The van der Waals surface area contributed by atoms with Crippen molar-refractivity contribution in [2.75, 3.05) is 13.2 Å². The van der Waals surface area contributed by atoms with Crippen LogP contribution in [0.4, 0.5) is 0 Å². The summed E-state index contributed by atoms with van der Waals surface area (Å²) in [5, 5.41) is 0. The molecule has 3 rings (SSSR count). The smallest absolute Gasteiger partial charge is 0.244 e. The predicted molar refractivity (Wildman–Crippen MR) is 83.1 cm³/mol. The lowest BCUT2D eigenvalue weighted by atomic mass is 10.2. The molecule has 1 heterocycles. The van der Waals surface area contributed by atoms with Gasteiger partial charge in [-0.05, 0) is 53.4 Å². The largest absolute Gasteiger partial charge is 0.375 e. The van der Waals surface area contributed by atoms with Gasteiger partial charge in [-0.3, -0.25) is 0 Å². The fourth-order valence-corrected chi connectivity index (χ4v) is 6.12. The Labute approximate surface area is 135 Å². The van der Waals surface area contributed by atoms with Gasteiger partial charge >= 0.3 is 0 Å². The van der Waals surface area contributed by atoms with Crippen LogP contribution in [0.25, 0.3) is 0 Å². The first-order valence-electron chi connectivity index (χ1n) is 6.58. The van der Waals surface area contributed by atoms with Crippen LogP contribution in [0.3, 0.4) is 0 Å². The maximum absolute atomic E-state index is 12.9. The maximum atomic E-state index is 12.9. The van der Waals surface area contributed by atoms with E-state index in [4.69, 9.17) is 4.74 Å². The highest BCUT2D eigenvalue weighted by atomic mass is 79.9. The summed E-state index contributed by atoms with van der Waals surface area (Å²) in [5.74, 6) is 0. The number of ether oxygens (including phenoxy) is 1. The Hall–Kier alpha value is 0.0500. The third-order valence-corrected chi connectivity index (χ3v) is 7.32. The standard InChI is InChI=1S/C13H15Br2NO3S/c14-9-4-5-10(15)13(8-9)20(17,18)16-6-7-19-12-3-1-2-11(12)16/h4-5,8,11-12H,1-3,6-7H2. The van der Waals surface area contributed by atoms with Gasteiger partial charge < -0.3 is 4.74 Å². The van der Waals surface area contributed by atoms with Crippen LogP contribution in [0, 0.1) is 0 Å². The number of benzene rings is 1. The van der Waals surface area contributed by atoms with E-state index in [2.05, 4.69) is 31.9 Å². The molecule has 1 aromatic rings. The SMILES string of the molecule is O=S(=O)(c1cc(Br)ccc1Br)N1CCOC2CCCC21. The predicted octanol–water partition coefficient (Wildman–Crippen LogP) is 3.15. The quantitative estimate of drug-likeness (QED) is 0.732. The molecule has 4 nitrogen and oxygen atoms in total. The Bertz CT molecular complexity index is 620. The molecule has 0 N–H and O–H groups in total. The van der Waals surface area contributed by atoms with E-state index in [9.17, 15) is 8.42 Å². The molecule has 2 aliphatic rings. The summed E-state index contributed by atoms with van der Waals surface area (Å²) >= 11 is 6.69. The van der Waals surface area contributed by atoms with Crippen LogP contribution in [-0.4, -0.2) is 38.0 Å². The number of nitrogens with zero attached hydrogens (tertiary/aromatic N) is 1. The molecule has 0 aromatic heterocycles. The van der Waals surface area contributed by atoms with E-state index in [1.165, 1.54) is 0 Å². The van der Waals surface area contributed by atoms with E-state index < -0.39 is 10.0 Å². The number of hydrogen-bond acceptors (Lipinski definition) is 3. The van der Waals surface area contributed by atoms with Gasteiger partial charge in [0.15, 0.2) is 0 Å². The van der Waals surface area contributed by atoms with Crippen molar-refractivity contribution in [1.29, 1.82) is 0 Å². The summed E-state index contributed by atoms with van der Waals surface area (Å²) < 4.78 is 34.5. The average Bonchev–Trinajstić information content (AvgIpc) is 2.89. The van der Waals surface area contributed by atoms with E-state index in [0.717, 1.165) is 23.7 Å². The third kappa shape index (κ3) is 2.59. The first-order valence-corrected chi connectivity index (χ1v) is 9.61. The highest BCUT2D eigenvalue weighted by Crippen LogP contribution is 2.35. The molecule has 1 aromatic carbocycles. The van der Waals surface area contributed by atoms with Crippen molar-refractivity contribution in [2.24, 2.45) is 0 Å².